The molecule has 1 heterocycles. The summed E-state index contributed by atoms with van der Waals surface area (Å²) in [6.07, 6.45) is 8.11. The van der Waals surface area contributed by atoms with Crippen molar-refractivity contribution in [3.8, 4) is 0 Å². The molecule has 0 aromatic carbocycles. The molecule has 134 valence electrons. The van der Waals surface area contributed by atoms with Crippen LogP contribution in [0.5, 0.6) is 0 Å². The first-order chi connectivity index (χ1) is 11.2. The maximum atomic E-state index is 11.9. The van der Waals surface area contributed by atoms with E-state index in [9.17, 15) is 9.90 Å². The summed E-state index contributed by atoms with van der Waals surface area (Å²) in [6.45, 7) is 9.95. The molecule has 1 aliphatic heterocycles. The van der Waals surface area contributed by atoms with Crippen LogP contribution in [-0.2, 0) is 9.53 Å². The molecule has 4 heteroatoms. The fraction of sp³-hybridized carbons (Fsp3) is 0.650. The summed E-state index contributed by atoms with van der Waals surface area (Å²) in [7, 11) is 0. The third kappa shape index (κ3) is 4.73. The second-order valence-corrected chi connectivity index (χ2v) is 8.35. The normalized spacial score (nSPS) is 40.6. The first kappa shape index (κ1) is 19.3. The van der Waals surface area contributed by atoms with Gasteiger partial charge >= 0.3 is 5.97 Å². The standard InChI is InChI=1S/C20H29ClO3/c1-13-7-5-8-14(2)11-17-16(15(3)19(23)24-17)12-18(22)20(4,21)10-6-9-13/h8-9,16-18,22H,3,5-7,10-12H2,1-2,4H3/b13-9+,14-8+/t16-,17-,18+,20+/m0/s1. The summed E-state index contributed by atoms with van der Waals surface area (Å²) in [5.74, 6) is -0.516. The Hall–Kier alpha value is -1.06. The molecule has 0 aromatic rings. The molecule has 2 aliphatic rings. The number of alkyl halides is 1. The van der Waals surface area contributed by atoms with Crippen molar-refractivity contribution in [1.82, 2.24) is 0 Å². The molecule has 0 bridgehead atoms. The van der Waals surface area contributed by atoms with Crippen LogP contribution in [-0.4, -0.2) is 28.2 Å². The van der Waals surface area contributed by atoms with E-state index < -0.39 is 11.0 Å². The zero-order chi connectivity index (χ0) is 17.9. The molecule has 0 spiro atoms. The number of hydrogen-bond acceptors (Lipinski definition) is 3. The summed E-state index contributed by atoms with van der Waals surface area (Å²) < 4.78 is 5.50. The van der Waals surface area contributed by atoms with E-state index in [0.29, 0.717) is 24.8 Å². The summed E-state index contributed by atoms with van der Waals surface area (Å²) in [5.41, 5.74) is 3.01. The van der Waals surface area contributed by atoms with E-state index in [1.807, 2.05) is 6.92 Å². The molecule has 1 aliphatic carbocycles. The average molecular weight is 353 g/mol. The predicted molar refractivity (Wildman–Crippen MR) is 98.0 cm³/mol. The topological polar surface area (TPSA) is 46.5 Å². The molecular formula is C20H29ClO3. The fourth-order valence-electron chi connectivity index (χ4n) is 3.45. The Morgan fingerprint density at radius 3 is 2.67 bits per heavy atom. The van der Waals surface area contributed by atoms with Crippen molar-refractivity contribution in [3.05, 3.63) is 35.5 Å². The maximum absolute atomic E-state index is 11.9. The van der Waals surface area contributed by atoms with E-state index in [4.69, 9.17) is 16.3 Å². The number of aliphatic hydroxyl groups is 1. The molecular weight excluding hydrogens is 324 g/mol. The highest BCUT2D eigenvalue weighted by Crippen LogP contribution is 2.38. The lowest BCUT2D eigenvalue weighted by atomic mass is 9.83. The summed E-state index contributed by atoms with van der Waals surface area (Å²) in [5, 5.41) is 10.7. The highest BCUT2D eigenvalue weighted by molar-refractivity contribution is 6.24. The molecule has 0 unspecified atom stereocenters. The van der Waals surface area contributed by atoms with E-state index >= 15 is 0 Å². The Morgan fingerprint density at radius 1 is 1.29 bits per heavy atom. The molecule has 3 nitrogen and oxygen atoms in total. The summed E-state index contributed by atoms with van der Waals surface area (Å²) in [4.78, 5) is 11.2. The van der Waals surface area contributed by atoms with Gasteiger partial charge in [0.1, 0.15) is 6.10 Å². The monoisotopic (exact) mass is 352 g/mol. The van der Waals surface area contributed by atoms with E-state index in [0.717, 1.165) is 19.3 Å². The van der Waals surface area contributed by atoms with Crippen molar-refractivity contribution in [2.24, 2.45) is 5.92 Å². The van der Waals surface area contributed by atoms with Crippen LogP contribution in [0.4, 0.5) is 0 Å². The van der Waals surface area contributed by atoms with Crippen molar-refractivity contribution in [1.29, 1.82) is 0 Å². The van der Waals surface area contributed by atoms with Crippen molar-refractivity contribution < 1.29 is 14.6 Å². The first-order valence-corrected chi connectivity index (χ1v) is 9.16. The van der Waals surface area contributed by atoms with Gasteiger partial charge in [0.25, 0.3) is 0 Å². The molecule has 2 rings (SSSR count). The Bertz CT molecular complexity index is 559. The van der Waals surface area contributed by atoms with Crippen LogP contribution in [0.15, 0.2) is 35.5 Å². The number of carbonyl (C=O) groups is 1. The van der Waals surface area contributed by atoms with Crippen molar-refractivity contribution in [2.75, 3.05) is 0 Å². The van der Waals surface area contributed by atoms with Crippen LogP contribution >= 0.6 is 11.6 Å². The Balaban J connectivity index is 2.24. The molecule has 1 N–H and O–H groups in total. The van der Waals surface area contributed by atoms with Gasteiger partial charge < -0.3 is 9.84 Å². The fourth-order valence-corrected chi connectivity index (χ4v) is 3.65. The van der Waals surface area contributed by atoms with E-state index in [1.54, 1.807) is 0 Å². The number of allylic oxidation sites excluding steroid dienone is 3. The molecule has 1 saturated heterocycles. The lowest BCUT2D eigenvalue weighted by Crippen LogP contribution is -2.37. The summed E-state index contributed by atoms with van der Waals surface area (Å²) in [6, 6.07) is 0. The second-order valence-electron chi connectivity index (χ2n) is 7.49. The SMILES string of the molecule is C=C1C(=O)O[C@H]2C/C(C)=C/CC/C(C)=C/CC[C@@](C)(Cl)[C@H](O)C[C@@H]12. The van der Waals surface area contributed by atoms with E-state index in [1.165, 1.54) is 11.1 Å². The zero-order valence-corrected chi connectivity index (χ0v) is 15.7. The third-order valence-electron chi connectivity index (χ3n) is 5.27. The Labute approximate surface area is 150 Å². The minimum Gasteiger partial charge on any atom is -0.458 e. The molecule has 4 atom stereocenters. The van der Waals surface area contributed by atoms with Gasteiger partial charge in [-0.2, -0.15) is 0 Å². The smallest absolute Gasteiger partial charge is 0.334 e. The lowest BCUT2D eigenvalue weighted by Gasteiger charge is -2.31. The van der Waals surface area contributed by atoms with Crippen LogP contribution in [0.3, 0.4) is 0 Å². The quantitative estimate of drug-likeness (QED) is 0.298. The third-order valence-corrected chi connectivity index (χ3v) is 5.71. The minimum absolute atomic E-state index is 0.172. The number of hydrogen-bond donors (Lipinski definition) is 1. The van der Waals surface area contributed by atoms with Crippen LogP contribution in [0, 0.1) is 5.92 Å². The summed E-state index contributed by atoms with van der Waals surface area (Å²) >= 11 is 6.60. The molecule has 24 heavy (non-hydrogen) atoms. The number of ether oxygens (including phenoxy) is 1. The number of rotatable bonds is 0. The first-order valence-electron chi connectivity index (χ1n) is 8.78. The van der Waals surface area contributed by atoms with Crippen LogP contribution < -0.4 is 0 Å². The van der Waals surface area contributed by atoms with Crippen LogP contribution in [0.25, 0.3) is 0 Å². The van der Waals surface area contributed by atoms with Gasteiger partial charge in [-0.25, -0.2) is 4.79 Å². The second kappa shape index (κ2) is 7.88. The molecule has 0 amide bonds. The van der Waals surface area contributed by atoms with Crippen molar-refractivity contribution in [2.45, 2.75) is 76.4 Å². The molecule has 1 fully saturated rings. The lowest BCUT2D eigenvalue weighted by molar-refractivity contribution is -0.139. The van der Waals surface area contributed by atoms with Gasteiger partial charge in [0, 0.05) is 17.9 Å². The van der Waals surface area contributed by atoms with E-state index in [-0.39, 0.29) is 18.0 Å². The molecule has 0 aromatic heterocycles. The van der Waals surface area contributed by atoms with Gasteiger partial charge in [-0.15, -0.1) is 11.6 Å². The Kier molecular flexibility index (Phi) is 6.33. The number of carbonyl (C=O) groups excluding carboxylic acids is 1. The van der Waals surface area contributed by atoms with E-state index in [2.05, 4.69) is 32.6 Å². The van der Waals surface area contributed by atoms with Crippen LogP contribution in [0.1, 0.15) is 59.3 Å². The van der Waals surface area contributed by atoms with Gasteiger partial charge in [-0.1, -0.05) is 29.9 Å². The van der Waals surface area contributed by atoms with Gasteiger partial charge in [-0.3, -0.25) is 0 Å². The molecule has 0 saturated carbocycles. The van der Waals surface area contributed by atoms with Crippen LogP contribution in [0.2, 0.25) is 0 Å². The average Bonchev–Trinajstić information content (AvgIpc) is 2.73. The number of esters is 1. The van der Waals surface area contributed by atoms with Gasteiger partial charge in [-0.05, 0) is 52.9 Å². The highest BCUT2D eigenvalue weighted by Gasteiger charge is 2.42. The predicted octanol–water partition coefficient (Wildman–Crippen LogP) is 4.69. The van der Waals surface area contributed by atoms with Gasteiger partial charge in [0.05, 0.1) is 11.0 Å². The number of fused-ring (bicyclic) bond motifs is 1. The number of aliphatic hydroxyl groups excluding tert-OH is 1. The minimum atomic E-state index is -0.720. The molecule has 0 radical (unpaired) electrons. The highest BCUT2D eigenvalue weighted by atomic mass is 35.5. The van der Waals surface area contributed by atoms with Crippen molar-refractivity contribution in [3.63, 3.8) is 0 Å². The van der Waals surface area contributed by atoms with Gasteiger partial charge in [0.15, 0.2) is 0 Å². The number of halogens is 1. The van der Waals surface area contributed by atoms with Crippen molar-refractivity contribution >= 4 is 17.6 Å². The largest absolute Gasteiger partial charge is 0.458 e. The Morgan fingerprint density at radius 2 is 1.96 bits per heavy atom. The maximum Gasteiger partial charge on any atom is 0.334 e. The zero-order valence-electron chi connectivity index (χ0n) is 15.0. The van der Waals surface area contributed by atoms with Gasteiger partial charge in [0.2, 0.25) is 0 Å².